The van der Waals surface area contributed by atoms with Gasteiger partial charge in [0.25, 0.3) is 0 Å². The van der Waals surface area contributed by atoms with E-state index in [0.717, 1.165) is 39.0 Å². The molecule has 2 N–H and O–H groups in total. The summed E-state index contributed by atoms with van der Waals surface area (Å²) in [6.45, 7) is 6.95. The van der Waals surface area contributed by atoms with Gasteiger partial charge < -0.3 is 10.5 Å². The molecule has 0 radical (unpaired) electrons. The molecule has 0 unspecified atom stereocenters. The maximum Gasteiger partial charge on any atom is 0.0471 e. The molecule has 0 aliphatic carbocycles. The van der Waals surface area contributed by atoms with Crippen LogP contribution in [0, 0.1) is 5.41 Å². The summed E-state index contributed by atoms with van der Waals surface area (Å²) >= 11 is 0. The van der Waals surface area contributed by atoms with Crippen molar-refractivity contribution in [3.05, 3.63) is 35.4 Å². The Bertz CT molecular complexity index is 363. The minimum Gasteiger partial charge on any atom is -0.381 e. The number of ether oxygens (including phenoxy) is 1. The molecular formula is C16H25NO. The molecule has 2 rings (SSSR count). The molecule has 2 heteroatoms. The highest BCUT2D eigenvalue weighted by Crippen LogP contribution is 2.33. The highest BCUT2D eigenvalue weighted by molar-refractivity contribution is 5.25. The molecule has 2 nitrogen and oxygen atoms in total. The van der Waals surface area contributed by atoms with E-state index in [-0.39, 0.29) is 5.41 Å². The first-order valence-electron chi connectivity index (χ1n) is 7.02. The first-order valence-corrected chi connectivity index (χ1v) is 7.02. The molecule has 100 valence electrons. The minimum atomic E-state index is 0.262. The first-order chi connectivity index (χ1) is 8.65. The molecular weight excluding hydrogens is 222 g/mol. The molecule has 1 fully saturated rings. The zero-order valence-electron chi connectivity index (χ0n) is 11.6. The third-order valence-corrected chi connectivity index (χ3v) is 4.21. The summed E-state index contributed by atoms with van der Waals surface area (Å²) in [4.78, 5) is 0. The van der Waals surface area contributed by atoms with Crippen LogP contribution in [0.2, 0.25) is 0 Å². The Labute approximate surface area is 111 Å². The molecule has 0 aromatic heterocycles. The maximum absolute atomic E-state index is 6.01. The van der Waals surface area contributed by atoms with Gasteiger partial charge in [0.15, 0.2) is 0 Å². The van der Waals surface area contributed by atoms with E-state index in [4.69, 9.17) is 10.5 Å². The molecule has 1 aromatic rings. The SMILES string of the molecule is CC(C)c1ccc(CC2(CN)CCOCC2)cc1. The van der Waals surface area contributed by atoms with Gasteiger partial charge in [0.05, 0.1) is 0 Å². The minimum absolute atomic E-state index is 0.262. The van der Waals surface area contributed by atoms with E-state index in [9.17, 15) is 0 Å². The van der Waals surface area contributed by atoms with Gasteiger partial charge in [-0.05, 0) is 48.3 Å². The Hall–Kier alpha value is -0.860. The van der Waals surface area contributed by atoms with Crippen LogP contribution < -0.4 is 5.73 Å². The van der Waals surface area contributed by atoms with Crippen molar-refractivity contribution in [3.63, 3.8) is 0 Å². The molecule has 0 amide bonds. The van der Waals surface area contributed by atoms with Gasteiger partial charge in [-0.25, -0.2) is 0 Å². The van der Waals surface area contributed by atoms with Crippen LogP contribution >= 0.6 is 0 Å². The van der Waals surface area contributed by atoms with E-state index >= 15 is 0 Å². The molecule has 0 saturated carbocycles. The van der Waals surface area contributed by atoms with Gasteiger partial charge in [-0.3, -0.25) is 0 Å². The Morgan fingerprint density at radius 3 is 2.28 bits per heavy atom. The van der Waals surface area contributed by atoms with Crippen LogP contribution in [0.3, 0.4) is 0 Å². The standard InChI is InChI=1S/C16H25NO/c1-13(2)15-5-3-14(4-6-15)11-16(12-17)7-9-18-10-8-16/h3-6,13H,7-12,17H2,1-2H3. The van der Waals surface area contributed by atoms with E-state index in [1.807, 2.05) is 0 Å². The van der Waals surface area contributed by atoms with Gasteiger partial charge >= 0.3 is 0 Å². The number of hydrogen-bond acceptors (Lipinski definition) is 2. The smallest absolute Gasteiger partial charge is 0.0471 e. The lowest BCUT2D eigenvalue weighted by Crippen LogP contribution is -2.38. The largest absolute Gasteiger partial charge is 0.381 e. The maximum atomic E-state index is 6.01. The number of hydrogen-bond donors (Lipinski definition) is 1. The Kier molecular flexibility index (Phi) is 4.41. The van der Waals surface area contributed by atoms with Crippen LogP contribution in [0.25, 0.3) is 0 Å². The van der Waals surface area contributed by atoms with E-state index < -0.39 is 0 Å². The van der Waals surface area contributed by atoms with Crippen molar-refractivity contribution in [1.82, 2.24) is 0 Å². The van der Waals surface area contributed by atoms with E-state index in [1.54, 1.807) is 0 Å². The van der Waals surface area contributed by atoms with Crippen molar-refractivity contribution in [2.24, 2.45) is 11.1 Å². The monoisotopic (exact) mass is 247 g/mol. The lowest BCUT2D eigenvalue weighted by Gasteiger charge is -2.36. The van der Waals surface area contributed by atoms with Crippen molar-refractivity contribution < 1.29 is 4.74 Å². The van der Waals surface area contributed by atoms with Crippen molar-refractivity contribution in [2.45, 2.75) is 39.0 Å². The van der Waals surface area contributed by atoms with Crippen LogP contribution in [-0.2, 0) is 11.2 Å². The fourth-order valence-electron chi connectivity index (χ4n) is 2.71. The van der Waals surface area contributed by atoms with Gasteiger partial charge in [0.2, 0.25) is 0 Å². The fourth-order valence-corrected chi connectivity index (χ4v) is 2.71. The molecule has 1 aromatic carbocycles. The average Bonchev–Trinajstić information content (AvgIpc) is 2.40. The number of benzene rings is 1. The van der Waals surface area contributed by atoms with Gasteiger partial charge in [-0.15, -0.1) is 0 Å². The molecule has 1 aliphatic heterocycles. The van der Waals surface area contributed by atoms with Crippen LogP contribution in [0.4, 0.5) is 0 Å². The topological polar surface area (TPSA) is 35.2 Å². The second-order valence-electron chi connectivity index (χ2n) is 5.89. The van der Waals surface area contributed by atoms with E-state index in [2.05, 4.69) is 38.1 Å². The summed E-state index contributed by atoms with van der Waals surface area (Å²) in [5.41, 5.74) is 9.09. The van der Waals surface area contributed by atoms with Crippen molar-refractivity contribution in [2.75, 3.05) is 19.8 Å². The molecule has 0 spiro atoms. The normalized spacial score (nSPS) is 19.1. The van der Waals surface area contributed by atoms with Gasteiger partial charge in [-0.1, -0.05) is 38.1 Å². The zero-order chi connectivity index (χ0) is 13.0. The third kappa shape index (κ3) is 3.12. The van der Waals surface area contributed by atoms with Gasteiger partial charge in [0.1, 0.15) is 0 Å². The van der Waals surface area contributed by atoms with E-state index in [1.165, 1.54) is 11.1 Å². The summed E-state index contributed by atoms with van der Waals surface area (Å²) in [5.74, 6) is 0.602. The molecule has 1 aliphatic rings. The zero-order valence-corrected chi connectivity index (χ0v) is 11.6. The second kappa shape index (κ2) is 5.85. The van der Waals surface area contributed by atoms with Crippen molar-refractivity contribution >= 4 is 0 Å². The highest BCUT2D eigenvalue weighted by Gasteiger charge is 2.31. The Balaban J connectivity index is 2.07. The number of rotatable bonds is 4. The summed E-state index contributed by atoms with van der Waals surface area (Å²) < 4.78 is 5.46. The first kappa shape index (κ1) is 13.6. The van der Waals surface area contributed by atoms with Crippen molar-refractivity contribution in [3.8, 4) is 0 Å². The average molecular weight is 247 g/mol. The summed E-state index contributed by atoms with van der Waals surface area (Å²) in [6, 6.07) is 9.04. The Morgan fingerprint density at radius 2 is 1.78 bits per heavy atom. The van der Waals surface area contributed by atoms with Crippen LogP contribution in [0.1, 0.15) is 43.7 Å². The van der Waals surface area contributed by atoms with Crippen LogP contribution in [-0.4, -0.2) is 19.8 Å². The second-order valence-corrected chi connectivity index (χ2v) is 5.89. The quantitative estimate of drug-likeness (QED) is 0.887. The summed E-state index contributed by atoms with van der Waals surface area (Å²) in [5, 5.41) is 0. The van der Waals surface area contributed by atoms with Gasteiger partial charge in [0, 0.05) is 13.2 Å². The molecule has 0 atom stereocenters. The van der Waals surface area contributed by atoms with Crippen LogP contribution in [0.5, 0.6) is 0 Å². The highest BCUT2D eigenvalue weighted by atomic mass is 16.5. The predicted octanol–water partition coefficient (Wildman–Crippen LogP) is 3.11. The molecule has 1 saturated heterocycles. The summed E-state index contributed by atoms with van der Waals surface area (Å²) in [6.07, 6.45) is 3.27. The molecule has 0 bridgehead atoms. The number of nitrogens with two attached hydrogens (primary N) is 1. The van der Waals surface area contributed by atoms with Crippen LogP contribution in [0.15, 0.2) is 24.3 Å². The molecule has 1 heterocycles. The fraction of sp³-hybridized carbons (Fsp3) is 0.625. The third-order valence-electron chi connectivity index (χ3n) is 4.21. The van der Waals surface area contributed by atoms with Crippen molar-refractivity contribution in [1.29, 1.82) is 0 Å². The Morgan fingerprint density at radius 1 is 1.17 bits per heavy atom. The predicted molar refractivity (Wildman–Crippen MR) is 75.8 cm³/mol. The van der Waals surface area contributed by atoms with Gasteiger partial charge in [-0.2, -0.15) is 0 Å². The lowest BCUT2D eigenvalue weighted by atomic mass is 9.75. The lowest BCUT2D eigenvalue weighted by molar-refractivity contribution is 0.0191. The molecule has 18 heavy (non-hydrogen) atoms. The van der Waals surface area contributed by atoms with E-state index in [0.29, 0.717) is 5.92 Å². The summed E-state index contributed by atoms with van der Waals surface area (Å²) in [7, 11) is 0.